The van der Waals surface area contributed by atoms with Crippen LogP contribution in [-0.2, 0) is 17.8 Å². The minimum atomic E-state index is -0.121. The van der Waals surface area contributed by atoms with Crippen molar-refractivity contribution in [1.29, 1.82) is 0 Å². The Morgan fingerprint density at radius 2 is 2.04 bits per heavy atom. The number of aromatic nitrogens is 2. The molecule has 7 nitrogen and oxygen atoms in total. The van der Waals surface area contributed by atoms with Gasteiger partial charge in [-0.2, -0.15) is 0 Å². The number of nitrogens with zero attached hydrogens (tertiary/aromatic N) is 3. The Bertz CT molecular complexity index is 619. The molecule has 1 aromatic heterocycles. The van der Waals surface area contributed by atoms with E-state index in [1.54, 1.807) is 6.33 Å². The lowest BCUT2D eigenvalue weighted by atomic mass is 9.95. The number of hydrogen-bond donors (Lipinski definition) is 2. The maximum Gasteiger partial charge on any atom is 0.271 e. The fourth-order valence-corrected chi connectivity index (χ4v) is 3.74. The van der Waals surface area contributed by atoms with E-state index in [4.69, 9.17) is 0 Å². The SMILES string of the molecule is CN(C)CCNC(=O)c1ncn2c1CCC(C(=O)NC1CCCC1)C2. The molecule has 7 heteroatoms. The highest BCUT2D eigenvalue weighted by Crippen LogP contribution is 2.24. The van der Waals surface area contributed by atoms with Gasteiger partial charge in [0.25, 0.3) is 5.91 Å². The summed E-state index contributed by atoms with van der Waals surface area (Å²) < 4.78 is 1.98. The monoisotopic (exact) mass is 347 g/mol. The lowest BCUT2D eigenvalue weighted by molar-refractivity contribution is -0.126. The van der Waals surface area contributed by atoms with Crippen molar-refractivity contribution < 1.29 is 9.59 Å². The number of carbonyl (C=O) groups is 2. The van der Waals surface area contributed by atoms with E-state index in [1.807, 2.05) is 23.6 Å². The van der Waals surface area contributed by atoms with Gasteiger partial charge < -0.3 is 20.1 Å². The molecule has 0 saturated heterocycles. The quantitative estimate of drug-likeness (QED) is 0.798. The molecule has 2 heterocycles. The molecular weight excluding hydrogens is 318 g/mol. The topological polar surface area (TPSA) is 79.3 Å². The van der Waals surface area contributed by atoms with Crippen molar-refractivity contribution in [2.75, 3.05) is 27.2 Å². The van der Waals surface area contributed by atoms with Crippen LogP contribution in [0.3, 0.4) is 0 Å². The van der Waals surface area contributed by atoms with Gasteiger partial charge in [-0.05, 0) is 39.8 Å². The number of imidazole rings is 1. The summed E-state index contributed by atoms with van der Waals surface area (Å²) >= 11 is 0. The van der Waals surface area contributed by atoms with Gasteiger partial charge in [0.15, 0.2) is 0 Å². The van der Waals surface area contributed by atoms with Gasteiger partial charge in [-0.1, -0.05) is 12.8 Å². The van der Waals surface area contributed by atoms with Crippen molar-refractivity contribution in [2.24, 2.45) is 5.92 Å². The first-order chi connectivity index (χ1) is 12.0. The number of amides is 2. The molecule has 1 unspecified atom stereocenters. The number of fused-ring (bicyclic) bond motifs is 1. The van der Waals surface area contributed by atoms with E-state index in [9.17, 15) is 9.59 Å². The molecule has 1 aliphatic carbocycles. The van der Waals surface area contributed by atoms with E-state index < -0.39 is 0 Å². The van der Waals surface area contributed by atoms with E-state index in [0.717, 1.165) is 37.9 Å². The van der Waals surface area contributed by atoms with Gasteiger partial charge in [0.1, 0.15) is 5.69 Å². The third-order valence-corrected chi connectivity index (χ3v) is 5.22. The van der Waals surface area contributed by atoms with Gasteiger partial charge >= 0.3 is 0 Å². The molecular formula is C18H29N5O2. The number of hydrogen-bond acceptors (Lipinski definition) is 4. The second-order valence-corrected chi connectivity index (χ2v) is 7.48. The molecule has 2 N–H and O–H groups in total. The molecule has 3 rings (SSSR count). The second kappa shape index (κ2) is 7.99. The van der Waals surface area contributed by atoms with Crippen LogP contribution in [-0.4, -0.2) is 59.5 Å². The van der Waals surface area contributed by atoms with Crippen molar-refractivity contribution in [2.45, 2.75) is 51.1 Å². The summed E-state index contributed by atoms with van der Waals surface area (Å²) in [4.78, 5) is 31.1. The van der Waals surface area contributed by atoms with E-state index >= 15 is 0 Å². The fraction of sp³-hybridized carbons (Fsp3) is 0.722. The number of carbonyl (C=O) groups excluding carboxylic acids is 2. The summed E-state index contributed by atoms with van der Waals surface area (Å²) in [6, 6.07) is 0.356. The van der Waals surface area contributed by atoms with Crippen LogP contribution in [0, 0.1) is 5.92 Å². The van der Waals surface area contributed by atoms with Crippen LogP contribution in [0.15, 0.2) is 6.33 Å². The Kier molecular flexibility index (Phi) is 5.73. The zero-order valence-electron chi connectivity index (χ0n) is 15.3. The van der Waals surface area contributed by atoms with Crippen LogP contribution in [0.4, 0.5) is 0 Å². The van der Waals surface area contributed by atoms with E-state index in [2.05, 4.69) is 15.6 Å². The highest BCUT2D eigenvalue weighted by Gasteiger charge is 2.30. The maximum atomic E-state index is 12.5. The average Bonchev–Trinajstić information content (AvgIpc) is 3.22. The van der Waals surface area contributed by atoms with E-state index in [1.165, 1.54) is 12.8 Å². The van der Waals surface area contributed by atoms with Crippen molar-refractivity contribution in [3.63, 3.8) is 0 Å². The van der Waals surface area contributed by atoms with Crippen molar-refractivity contribution in [1.82, 2.24) is 25.1 Å². The van der Waals surface area contributed by atoms with Crippen LogP contribution in [0.2, 0.25) is 0 Å². The molecule has 0 aromatic carbocycles. The summed E-state index contributed by atoms with van der Waals surface area (Å²) in [6.45, 7) is 2.02. The molecule has 0 spiro atoms. The Balaban J connectivity index is 1.56. The predicted molar refractivity (Wildman–Crippen MR) is 95.3 cm³/mol. The van der Waals surface area contributed by atoms with Crippen LogP contribution in [0.1, 0.15) is 48.3 Å². The molecule has 138 valence electrons. The Morgan fingerprint density at radius 1 is 1.28 bits per heavy atom. The molecule has 0 bridgehead atoms. The third kappa shape index (κ3) is 4.39. The van der Waals surface area contributed by atoms with Gasteiger partial charge in [0, 0.05) is 25.7 Å². The van der Waals surface area contributed by atoms with Crippen molar-refractivity contribution >= 4 is 11.8 Å². The summed E-state index contributed by atoms with van der Waals surface area (Å²) in [5, 5.41) is 6.10. The molecule has 1 aromatic rings. The summed E-state index contributed by atoms with van der Waals surface area (Å²) in [5.41, 5.74) is 1.46. The van der Waals surface area contributed by atoms with Gasteiger partial charge in [-0.25, -0.2) is 4.98 Å². The van der Waals surface area contributed by atoms with Crippen LogP contribution >= 0.6 is 0 Å². The maximum absolute atomic E-state index is 12.5. The molecule has 1 fully saturated rings. The minimum absolute atomic E-state index is 0.0213. The summed E-state index contributed by atoms with van der Waals surface area (Å²) in [7, 11) is 3.95. The normalized spacial score (nSPS) is 20.5. The molecule has 0 radical (unpaired) electrons. The lowest BCUT2D eigenvalue weighted by Gasteiger charge is -2.25. The molecule has 25 heavy (non-hydrogen) atoms. The Morgan fingerprint density at radius 3 is 2.76 bits per heavy atom. The second-order valence-electron chi connectivity index (χ2n) is 7.48. The highest BCUT2D eigenvalue weighted by atomic mass is 16.2. The standard InChI is InChI=1S/C18H29N5O2/c1-22(2)10-9-19-18(25)16-15-8-7-13(11-23(15)12-20-16)17(24)21-14-5-3-4-6-14/h12-14H,3-11H2,1-2H3,(H,19,25)(H,21,24). The fourth-order valence-electron chi connectivity index (χ4n) is 3.74. The first-order valence-corrected chi connectivity index (χ1v) is 9.32. The van der Waals surface area contributed by atoms with E-state index in [0.29, 0.717) is 24.8 Å². The highest BCUT2D eigenvalue weighted by molar-refractivity contribution is 5.93. The number of rotatable bonds is 6. The van der Waals surface area contributed by atoms with Gasteiger partial charge in [0.05, 0.1) is 17.9 Å². The summed E-state index contributed by atoms with van der Waals surface area (Å²) in [6.07, 6.45) is 7.84. The first kappa shape index (κ1) is 17.9. The van der Waals surface area contributed by atoms with Crippen LogP contribution in [0.25, 0.3) is 0 Å². The van der Waals surface area contributed by atoms with Crippen molar-refractivity contribution in [3.05, 3.63) is 17.7 Å². The van der Waals surface area contributed by atoms with Gasteiger partial charge in [-0.3, -0.25) is 9.59 Å². The largest absolute Gasteiger partial charge is 0.353 e. The molecule has 1 saturated carbocycles. The Labute approximate surface area is 149 Å². The molecule has 2 aliphatic rings. The van der Waals surface area contributed by atoms with Crippen molar-refractivity contribution in [3.8, 4) is 0 Å². The third-order valence-electron chi connectivity index (χ3n) is 5.22. The predicted octanol–water partition coefficient (Wildman–Crippen LogP) is 0.796. The average molecular weight is 347 g/mol. The zero-order valence-corrected chi connectivity index (χ0v) is 15.3. The first-order valence-electron chi connectivity index (χ1n) is 9.32. The smallest absolute Gasteiger partial charge is 0.271 e. The number of nitrogens with one attached hydrogen (secondary N) is 2. The number of likely N-dealkylation sites (N-methyl/N-ethyl adjacent to an activating group) is 1. The minimum Gasteiger partial charge on any atom is -0.353 e. The van der Waals surface area contributed by atoms with E-state index in [-0.39, 0.29) is 17.7 Å². The summed E-state index contributed by atoms with van der Waals surface area (Å²) in [5.74, 6) is 0.0136. The zero-order chi connectivity index (χ0) is 17.8. The van der Waals surface area contributed by atoms with Crippen LogP contribution in [0.5, 0.6) is 0 Å². The molecule has 1 aliphatic heterocycles. The lowest BCUT2D eigenvalue weighted by Crippen LogP contribution is -2.40. The van der Waals surface area contributed by atoms with Gasteiger partial charge in [0.2, 0.25) is 5.91 Å². The Hall–Kier alpha value is -1.89. The van der Waals surface area contributed by atoms with Gasteiger partial charge in [-0.15, -0.1) is 0 Å². The van der Waals surface area contributed by atoms with Crippen LogP contribution < -0.4 is 10.6 Å². The molecule has 1 atom stereocenters. The molecule has 2 amide bonds.